The number of rotatable bonds is 13. The van der Waals surface area contributed by atoms with Crippen molar-refractivity contribution in [3.05, 3.63) is 66.0 Å². The van der Waals surface area contributed by atoms with E-state index in [1.165, 1.54) is 5.56 Å². The van der Waals surface area contributed by atoms with Crippen molar-refractivity contribution in [3.63, 3.8) is 0 Å². The van der Waals surface area contributed by atoms with Gasteiger partial charge in [-0.05, 0) is 125 Å². The number of aliphatic hydroxyl groups excluding tert-OH is 1. The smallest absolute Gasteiger partial charge is 0.407 e. The third kappa shape index (κ3) is 9.62. The standard InChI is InChI=1S/C39H53FN4O5/c1-26(2)44-23-34(20-42-44)32-6-5-7-36(19-32)43(22-28-8-12-30(13-9-28)33-16-17-37(48-4)27(3)18-33)38(46)31-14-10-29(11-15-31)25-49-39(47)41-21-35(40)24-45/h5-7,16-20,23,26,28-31,35,45H,8-15,21-22,24-25H2,1-4H3,(H,41,47)/t28?,29?,30?,31?,35-/m0/s1. The van der Waals surface area contributed by atoms with Crippen LogP contribution in [0.25, 0.3) is 11.1 Å². The number of nitrogens with one attached hydrogen (secondary N) is 1. The number of amides is 2. The molecule has 0 radical (unpaired) electrons. The minimum absolute atomic E-state index is 0.104. The molecule has 2 amide bonds. The molecule has 5 rings (SSSR count). The Kier molecular flexibility index (Phi) is 12.7. The number of carbonyl (C=O) groups excluding carboxylic acids is 2. The highest BCUT2D eigenvalue weighted by atomic mass is 19.1. The predicted octanol–water partition coefficient (Wildman–Crippen LogP) is 7.62. The van der Waals surface area contributed by atoms with E-state index in [0.29, 0.717) is 18.4 Å². The lowest BCUT2D eigenvalue weighted by molar-refractivity contribution is -0.123. The molecule has 0 unspecified atom stereocenters. The van der Waals surface area contributed by atoms with E-state index in [0.717, 1.165) is 79.5 Å². The monoisotopic (exact) mass is 676 g/mol. The van der Waals surface area contributed by atoms with E-state index < -0.39 is 18.9 Å². The van der Waals surface area contributed by atoms with Crippen LogP contribution in [0.15, 0.2) is 54.9 Å². The number of alkyl halides is 1. The zero-order valence-corrected chi connectivity index (χ0v) is 29.4. The molecule has 2 aromatic carbocycles. The molecule has 2 aliphatic rings. The van der Waals surface area contributed by atoms with E-state index in [4.69, 9.17) is 14.6 Å². The maximum absolute atomic E-state index is 14.4. The van der Waals surface area contributed by atoms with E-state index >= 15 is 0 Å². The largest absolute Gasteiger partial charge is 0.496 e. The molecule has 0 spiro atoms. The van der Waals surface area contributed by atoms with E-state index in [9.17, 15) is 14.0 Å². The number of aromatic nitrogens is 2. The first kappa shape index (κ1) is 36.4. The summed E-state index contributed by atoms with van der Waals surface area (Å²) in [6.45, 7) is 6.30. The van der Waals surface area contributed by atoms with Gasteiger partial charge >= 0.3 is 6.09 Å². The summed E-state index contributed by atoms with van der Waals surface area (Å²) in [5.74, 6) is 2.05. The first-order valence-electron chi connectivity index (χ1n) is 17.9. The van der Waals surface area contributed by atoms with Gasteiger partial charge in [0.25, 0.3) is 0 Å². The fourth-order valence-electron chi connectivity index (χ4n) is 7.34. The van der Waals surface area contributed by atoms with E-state index in [1.54, 1.807) is 7.11 Å². The zero-order valence-electron chi connectivity index (χ0n) is 29.4. The number of methoxy groups -OCH3 is 1. The number of anilines is 1. The van der Waals surface area contributed by atoms with Crippen LogP contribution in [0.2, 0.25) is 0 Å². The fourth-order valence-corrected chi connectivity index (χ4v) is 7.34. The van der Waals surface area contributed by atoms with Crippen LogP contribution >= 0.6 is 0 Å². The van der Waals surface area contributed by atoms with Crippen molar-refractivity contribution in [1.82, 2.24) is 15.1 Å². The molecule has 3 aromatic rings. The molecule has 0 bridgehead atoms. The SMILES string of the molecule is COc1ccc(C2CCC(CN(C(=O)C3CCC(COC(=O)NC[C@H](F)CO)CC3)c3cccc(-c4cnn(C(C)C)c4)c3)CC2)cc1C. The van der Waals surface area contributed by atoms with Crippen LogP contribution in [0, 0.1) is 24.7 Å². The van der Waals surface area contributed by atoms with Crippen LogP contribution < -0.4 is 15.0 Å². The van der Waals surface area contributed by atoms with Gasteiger partial charge in [0.1, 0.15) is 11.9 Å². The normalized spacial score (nSPS) is 21.6. The van der Waals surface area contributed by atoms with E-state index in [1.807, 2.05) is 21.8 Å². The molecule has 0 aliphatic heterocycles. The van der Waals surface area contributed by atoms with Crippen LogP contribution in [-0.2, 0) is 9.53 Å². The van der Waals surface area contributed by atoms with Crippen molar-refractivity contribution in [3.8, 4) is 16.9 Å². The predicted molar refractivity (Wildman–Crippen MR) is 190 cm³/mol. The third-order valence-electron chi connectivity index (χ3n) is 10.4. The molecule has 49 heavy (non-hydrogen) atoms. The van der Waals surface area contributed by atoms with Crippen LogP contribution in [0.4, 0.5) is 14.9 Å². The van der Waals surface area contributed by atoms with Crippen LogP contribution in [-0.4, -0.2) is 66.5 Å². The van der Waals surface area contributed by atoms with Crippen molar-refractivity contribution in [1.29, 1.82) is 0 Å². The van der Waals surface area contributed by atoms with Gasteiger partial charge < -0.3 is 24.8 Å². The summed E-state index contributed by atoms with van der Waals surface area (Å²) in [5.41, 5.74) is 5.52. The summed E-state index contributed by atoms with van der Waals surface area (Å²) in [6, 6.07) is 15.1. The molecule has 2 saturated carbocycles. The van der Waals surface area contributed by atoms with Gasteiger partial charge in [0.15, 0.2) is 0 Å². The molecule has 2 N–H and O–H groups in total. The Morgan fingerprint density at radius 3 is 2.41 bits per heavy atom. The van der Waals surface area contributed by atoms with Crippen LogP contribution in [0.3, 0.4) is 0 Å². The molecule has 0 saturated heterocycles. The lowest BCUT2D eigenvalue weighted by Crippen LogP contribution is -2.41. The van der Waals surface area contributed by atoms with Gasteiger partial charge in [-0.3, -0.25) is 9.48 Å². The number of ether oxygens (including phenoxy) is 2. The Bertz CT molecular complexity index is 1530. The van der Waals surface area contributed by atoms with Gasteiger partial charge in [-0.1, -0.05) is 24.3 Å². The van der Waals surface area contributed by atoms with E-state index in [-0.39, 0.29) is 36.9 Å². The Morgan fingerprint density at radius 2 is 1.76 bits per heavy atom. The second-order valence-corrected chi connectivity index (χ2v) is 14.2. The Balaban J connectivity index is 1.25. The summed E-state index contributed by atoms with van der Waals surface area (Å²) in [7, 11) is 1.71. The third-order valence-corrected chi connectivity index (χ3v) is 10.4. The second-order valence-electron chi connectivity index (χ2n) is 14.2. The molecule has 1 heterocycles. The number of hydrogen-bond acceptors (Lipinski definition) is 6. The lowest BCUT2D eigenvalue weighted by Gasteiger charge is -2.36. The number of alkyl carbamates (subject to hydrolysis) is 1. The van der Waals surface area contributed by atoms with Gasteiger partial charge in [-0.2, -0.15) is 5.10 Å². The molecule has 2 fully saturated rings. The minimum Gasteiger partial charge on any atom is -0.496 e. The van der Waals surface area contributed by atoms with Gasteiger partial charge in [0, 0.05) is 36.0 Å². The molecular weight excluding hydrogens is 623 g/mol. The second kappa shape index (κ2) is 17.1. The maximum Gasteiger partial charge on any atom is 0.407 e. The van der Waals surface area contributed by atoms with E-state index in [2.05, 4.69) is 73.8 Å². The van der Waals surface area contributed by atoms with Gasteiger partial charge in [-0.25, -0.2) is 9.18 Å². The number of hydrogen-bond donors (Lipinski definition) is 2. The van der Waals surface area contributed by atoms with Crippen LogP contribution in [0.5, 0.6) is 5.75 Å². The molecular formula is C39H53FN4O5. The summed E-state index contributed by atoms with van der Waals surface area (Å²) in [6.07, 6.45) is 9.08. The molecule has 10 heteroatoms. The average molecular weight is 677 g/mol. The number of nitrogens with zero attached hydrogens (tertiary/aromatic N) is 3. The summed E-state index contributed by atoms with van der Waals surface area (Å²) in [4.78, 5) is 28.4. The molecule has 1 atom stereocenters. The van der Waals surface area contributed by atoms with Crippen molar-refractivity contribution < 1.29 is 28.6 Å². The fraction of sp³-hybridized carbons (Fsp3) is 0.564. The number of carbonyl (C=O) groups is 2. The van der Waals surface area contributed by atoms with Crippen LogP contribution in [0.1, 0.15) is 88.3 Å². The highest BCUT2D eigenvalue weighted by Crippen LogP contribution is 2.39. The first-order chi connectivity index (χ1) is 23.6. The average Bonchev–Trinajstić information content (AvgIpc) is 3.63. The number of halogens is 1. The number of aryl methyl sites for hydroxylation is 1. The van der Waals surface area contributed by atoms with Crippen molar-refractivity contribution in [2.45, 2.75) is 90.3 Å². The Labute approximate surface area is 290 Å². The quantitative estimate of drug-likeness (QED) is 0.193. The summed E-state index contributed by atoms with van der Waals surface area (Å²) < 4.78 is 26.0. The molecule has 2 aliphatic carbocycles. The Hall–Kier alpha value is -3.92. The summed E-state index contributed by atoms with van der Waals surface area (Å²) >= 11 is 0. The van der Waals surface area contributed by atoms with Gasteiger partial charge in [-0.15, -0.1) is 0 Å². The minimum atomic E-state index is -1.51. The molecule has 9 nitrogen and oxygen atoms in total. The van der Waals surface area contributed by atoms with Crippen molar-refractivity contribution >= 4 is 17.7 Å². The maximum atomic E-state index is 14.4. The van der Waals surface area contributed by atoms with Crippen molar-refractivity contribution in [2.75, 3.05) is 38.3 Å². The first-order valence-corrected chi connectivity index (χ1v) is 17.9. The summed E-state index contributed by atoms with van der Waals surface area (Å²) in [5, 5.41) is 15.7. The van der Waals surface area contributed by atoms with Gasteiger partial charge in [0.05, 0.1) is 33.1 Å². The Morgan fingerprint density at radius 1 is 1.02 bits per heavy atom. The lowest BCUT2D eigenvalue weighted by atomic mass is 9.77. The molecule has 266 valence electrons. The highest BCUT2D eigenvalue weighted by molar-refractivity contribution is 5.95. The topological polar surface area (TPSA) is 106 Å². The zero-order chi connectivity index (χ0) is 34.9. The number of benzene rings is 2. The van der Waals surface area contributed by atoms with Crippen molar-refractivity contribution in [2.24, 2.45) is 17.8 Å². The van der Waals surface area contributed by atoms with Gasteiger partial charge in [0.2, 0.25) is 5.91 Å². The highest BCUT2D eigenvalue weighted by Gasteiger charge is 2.33. The molecule has 1 aromatic heterocycles. The number of aliphatic hydroxyl groups is 1.